The number of para-hydroxylation sites is 1. The lowest BCUT2D eigenvalue weighted by Gasteiger charge is -2.27. The van der Waals surface area contributed by atoms with Crippen LogP contribution in [0, 0.1) is 0 Å². The van der Waals surface area contributed by atoms with Crippen LogP contribution in [0.3, 0.4) is 0 Å². The second-order valence-electron chi connectivity index (χ2n) is 9.21. The fourth-order valence-electron chi connectivity index (χ4n) is 4.80. The Labute approximate surface area is 238 Å². The third kappa shape index (κ3) is 5.62. The summed E-state index contributed by atoms with van der Waals surface area (Å²) in [5.41, 5.74) is 3.90. The molecule has 4 aromatic rings. The van der Waals surface area contributed by atoms with Crippen molar-refractivity contribution in [2.75, 3.05) is 26.6 Å². The molecule has 8 heteroatoms. The molecular weight excluding hydrogens is 522 g/mol. The van der Waals surface area contributed by atoms with E-state index in [-0.39, 0.29) is 5.91 Å². The van der Waals surface area contributed by atoms with Crippen molar-refractivity contribution >= 4 is 39.3 Å². The maximum atomic E-state index is 13.7. The quantitative estimate of drug-likeness (QED) is 0.252. The number of aliphatic imine (C=N–C) groups is 1. The molecule has 1 heterocycles. The Morgan fingerprint density at radius 3 is 2.27 bits per heavy atom. The summed E-state index contributed by atoms with van der Waals surface area (Å²) in [4.78, 5) is 18.7. The van der Waals surface area contributed by atoms with Crippen molar-refractivity contribution in [3.63, 3.8) is 0 Å². The van der Waals surface area contributed by atoms with Gasteiger partial charge in [0, 0.05) is 17.1 Å². The van der Waals surface area contributed by atoms with Gasteiger partial charge in [0.1, 0.15) is 6.04 Å². The van der Waals surface area contributed by atoms with Crippen LogP contribution < -0.4 is 24.8 Å². The van der Waals surface area contributed by atoms with E-state index in [1.165, 1.54) is 16.3 Å². The number of nitrogens with zero attached hydrogens (tertiary/aromatic N) is 1. The van der Waals surface area contributed by atoms with Gasteiger partial charge in [0.15, 0.2) is 16.7 Å². The molecule has 0 saturated heterocycles. The zero-order valence-corrected chi connectivity index (χ0v) is 23.7. The molecule has 0 spiro atoms. The largest absolute Gasteiger partial charge is 0.493 e. The fraction of sp³-hybridized carbons (Fsp3) is 0.188. The molecule has 1 aliphatic rings. The van der Waals surface area contributed by atoms with Gasteiger partial charge in [0.2, 0.25) is 5.75 Å². The maximum Gasteiger partial charge on any atom is 0.255 e. The van der Waals surface area contributed by atoms with Gasteiger partial charge < -0.3 is 24.8 Å². The zero-order chi connectivity index (χ0) is 28.1. The van der Waals surface area contributed by atoms with Crippen molar-refractivity contribution in [2.45, 2.75) is 18.7 Å². The summed E-state index contributed by atoms with van der Waals surface area (Å²) < 4.78 is 16.7. The number of carbonyl (C=O) groups excluding carboxylic acids is 1. The smallest absolute Gasteiger partial charge is 0.255 e. The Hall–Kier alpha value is -4.43. The van der Waals surface area contributed by atoms with Crippen LogP contribution in [-0.4, -0.2) is 32.4 Å². The number of amides is 1. The highest BCUT2D eigenvalue weighted by Gasteiger charge is 2.31. The van der Waals surface area contributed by atoms with Gasteiger partial charge in [-0.15, -0.1) is 0 Å². The highest BCUT2D eigenvalue weighted by atomic mass is 32.2. The van der Waals surface area contributed by atoms with Crippen LogP contribution >= 0.6 is 11.8 Å². The minimum absolute atomic E-state index is 0.239. The molecule has 0 aliphatic carbocycles. The summed E-state index contributed by atoms with van der Waals surface area (Å²) in [7, 11) is 4.71. The number of amidine groups is 1. The summed E-state index contributed by atoms with van der Waals surface area (Å²) in [5.74, 6) is 1.95. The molecule has 7 nitrogen and oxygen atoms in total. The summed E-state index contributed by atoms with van der Waals surface area (Å²) in [6.07, 6.45) is 0. The molecule has 40 heavy (non-hydrogen) atoms. The van der Waals surface area contributed by atoms with Crippen molar-refractivity contribution in [1.82, 2.24) is 5.32 Å². The van der Waals surface area contributed by atoms with Crippen molar-refractivity contribution in [2.24, 2.45) is 4.99 Å². The Morgan fingerprint density at radius 2 is 1.57 bits per heavy atom. The number of hydrogen-bond acceptors (Lipinski definition) is 7. The average molecular weight is 554 g/mol. The van der Waals surface area contributed by atoms with Gasteiger partial charge in [0.25, 0.3) is 5.91 Å². The molecule has 0 unspecified atom stereocenters. The highest BCUT2D eigenvalue weighted by Crippen LogP contribution is 2.43. The SMILES string of the molecule is COc1cc([C@@H]2N=C(SCc3cccc4ccccc34)NC(C)=C2C(=O)Nc2ccccc2)cc(OC)c1OC. The number of thioether (sulfide) groups is 1. The normalized spacial score (nSPS) is 14.8. The summed E-state index contributed by atoms with van der Waals surface area (Å²) in [5, 5.41) is 9.53. The van der Waals surface area contributed by atoms with Gasteiger partial charge in [-0.05, 0) is 53.1 Å². The third-order valence-corrected chi connectivity index (χ3v) is 7.68. The van der Waals surface area contributed by atoms with E-state index in [1.807, 2.05) is 55.5 Å². The van der Waals surface area contributed by atoms with Gasteiger partial charge in [-0.1, -0.05) is 72.4 Å². The van der Waals surface area contributed by atoms with E-state index >= 15 is 0 Å². The molecule has 1 atom stereocenters. The van der Waals surface area contributed by atoms with Crippen LogP contribution in [-0.2, 0) is 10.5 Å². The van der Waals surface area contributed by atoms with Crippen molar-refractivity contribution < 1.29 is 19.0 Å². The first-order chi connectivity index (χ1) is 19.5. The predicted molar refractivity (Wildman–Crippen MR) is 162 cm³/mol. The molecule has 0 aromatic heterocycles. The van der Waals surface area contributed by atoms with Gasteiger partial charge in [-0.2, -0.15) is 0 Å². The molecule has 1 aliphatic heterocycles. The molecule has 0 fully saturated rings. The van der Waals surface area contributed by atoms with E-state index in [0.717, 1.165) is 16.4 Å². The maximum absolute atomic E-state index is 13.7. The minimum Gasteiger partial charge on any atom is -0.493 e. The van der Waals surface area contributed by atoms with E-state index in [2.05, 4.69) is 47.0 Å². The number of nitrogens with one attached hydrogen (secondary N) is 2. The van der Waals surface area contributed by atoms with E-state index in [1.54, 1.807) is 33.1 Å². The summed E-state index contributed by atoms with van der Waals surface area (Å²) in [6.45, 7) is 1.90. The fourth-order valence-corrected chi connectivity index (χ4v) is 5.75. The van der Waals surface area contributed by atoms with Gasteiger partial charge >= 0.3 is 0 Å². The summed E-state index contributed by atoms with van der Waals surface area (Å²) in [6, 6.07) is 27.1. The first-order valence-corrected chi connectivity index (χ1v) is 13.8. The number of anilines is 1. The number of methoxy groups -OCH3 is 3. The Balaban J connectivity index is 1.52. The number of benzene rings is 4. The van der Waals surface area contributed by atoms with Crippen LogP contribution in [0.1, 0.15) is 24.1 Å². The number of hydrogen-bond donors (Lipinski definition) is 2. The third-order valence-electron chi connectivity index (χ3n) is 6.74. The molecule has 204 valence electrons. The molecule has 0 radical (unpaired) electrons. The second-order valence-corrected chi connectivity index (χ2v) is 10.2. The molecule has 5 rings (SSSR count). The van der Waals surface area contributed by atoms with Gasteiger partial charge in [-0.3, -0.25) is 4.79 Å². The Kier molecular flexibility index (Phi) is 8.26. The number of ether oxygens (including phenoxy) is 3. The summed E-state index contributed by atoms with van der Waals surface area (Å²) >= 11 is 1.60. The lowest BCUT2D eigenvalue weighted by molar-refractivity contribution is -0.113. The van der Waals surface area contributed by atoms with Crippen LogP contribution in [0.25, 0.3) is 10.8 Å². The number of rotatable bonds is 8. The monoisotopic (exact) mass is 553 g/mol. The van der Waals surface area contributed by atoms with E-state index in [0.29, 0.717) is 34.3 Å². The van der Waals surface area contributed by atoms with Crippen LogP contribution in [0.15, 0.2) is 101 Å². The molecule has 0 saturated carbocycles. The first-order valence-electron chi connectivity index (χ1n) is 12.8. The van der Waals surface area contributed by atoms with E-state index in [4.69, 9.17) is 19.2 Å². The molecule has 1 amide bonds. The first kappa shape index (κ1) is 27.1. The Morgan fingerprint density at radius 1 is 0.900 bits per heavy atom. The Bertz CT molecular complexity index is 1570. The van der Waals surface area contributed by atoms with Crippen LogP contribution in [0.2, 0.25) is 0 Å². The zero-order valence-electron chi connectivity index (χ0n) is 22.9. The second kappa shape index (κ2) is 12.2. The standard InChI is InChI=1S/C32H31N3O4S/c1-20-28(31(36)34-24-14-6-5-7-15-24)29(23-17-26(37-2)30(39-4)27(18-23)38-3)35-32(33-20)40-19-22-13-10-12-21-11-8-9-16-25(21)22/h5-18,29H,19H2,1-4H3,(H,33,35)(H,34,36)/t29-/m0/s1. The van der Waals surface area contributed by atoms with E-state index in [9.17, 15) is 4.79 Å². The van der Waals surface area contributed by atoms with Gasteiger partial charge in [0.05, 0.1) is 26.9 Å². The minimum atomic E-state index is -0.603. The van der Waals surface area contributed by atoms with Crippen molar-refractivity contribution in [1.29, 1.82) is 0 Å². The predicted octanol–water partition coefficient (Wildman–Crippen LogP) is 6.71. The van der Waals surface area contributed by atoms with Crippen LogP contribution in [0.5, 0.6) is 17.2 Å². The molecule has 4 aromatic carbocycles. The molecular formula is C32H31N3O4S. The van der Waals surface area contributed by atoms with E-state index < -0.39 is 6.04 Å². The molecule has 0 bridgehead atoms. The topological polar surface area (TPSA) is 81.2 Å². The number of allylic oxidation sites excluding steroid dienone is 1. The van der Waals surface area contributed by atoms with Crippen LogP contribution in [0.4, 0.5) is 5.69 Å². The lowest BCUT2D eigenvalue weighted by Crippen LogP contribution is -2.32. The van der Waals surface area contributed by atoms with Crippen molar-refractivity contribution in [3.8, 4) is 17.2 Å². The molecule has 2 N–H and O–H groups in total. The van der Waals surface area contributed by atoms with Crippen molar-refractivity contribution in [3.05, 3.63) is 107 Å². The average Bonchev–Trinajstić information content (AvgIpc) is 2.99. The van der Waals surface area contributed by atoms with Gasteiger partial charge in [-0.25, -0.2) is 4.99 Å². The lowest BCUT2D eigenvalue weighted by atomic mass is 9.95. The highest BCUT2D eigenvalue weighted by molar-refractivity contribution is 8.13. The number of carbonyl (C=O) groups is 1. The number of fused-ring (bicyclic) bond motifs is 1.